The predicted molar refractivity (Wildman–Crippen MR) is 163 cm³/mol. The summed E-state index contributed by atoms with van der Waals surface area (Å²) < 4.78 is 0.354. The number of hydrogen-bond acceptors (Lipinski definition) is 0. The van der Waals surface area contributed by atoms with Crippen molar-refractivity contribution in [1.29, 1.82) is 0 Å². The molecule has 0 amide bonds. The Kier molecular flexibility index (Phi) is 7.92. The molecule has 0 saturated heterocycles. The van der Waals surface area contributed by atoms with Gasteiger partial charge in [0.15, 0.2) is 0 Å². The van der Waals surface area contributed by atoms with Crippen molar-refractivity contribution in [2.75, 3.05) is 0 Å². The van der Waals surface area contributed by atoms with E-state index in [0.29, 0.717) is 23.7 Å². The van der Waals surface area contributed by atoms with Gasteiger partial charge < -0.3 is 0 Å². The Labute approximate surface area is 229 Å². The van der Waals surface area contributed by atoms with E-state index >= 15 is 0 Å². The van der Waals surface area contributed by atoms with E-state index in [1.54, 1.807) is 0 Å². The minimum atomic E-state index is -4.65. The van der Waals surface area contributed by atoms with Crippen LogP contribution in [0.15, 0.2) is 47.5 Å². The van der Waals surface area contributed by atoms with Crippen molar-refractivity contribution in [2.24, 2.45) is 11.8 Å². The average Bonchev–Trinajstić information content (AvgIpc) is 3.39. The van der Waals surface area contributed by atoms with Crippen LogP contribution in [0.3, 0.4) is 0 Å². The molecule has 0 fully saturated rings. The maximum absolute atomic E-state index is 8.49. The quantitative estimate of drug-likeness (QED) is 0.271. The van der Waals surface area contributed by atoms with Crippen molar-refractivity contribution in [3.63, 3.8) is 0 Å². The standard InChI is InChI=1S/2C15H19.C2H7Si.2ClH.Zr/c2*1-10(2)13-8-12-6-5-7-14(11(3)4)15(12)9-13;1-3-2;;;/h2*5-11H,1-4H3;3H,1-2H3;2*1H;/q;;;;;+2/p-2. The van der Waals surface area contributed by atoms with Gasteiger partial charge >= 0.3 is 231 Å². The van der Waals surface area contributed by atoms with Gasteiger partial charge in [-0.2, -0.15) is 0 Å². The van der Waals surface area contributed by atoms with E-state index in [4.69, 9.17) is 17.0 Å². The molecule has 0 bridgehead atoms. The molecule has 195 valence electrons. The van der Waals surface area contributed by atoms with E-state index < -0.39 is 21.5 Å². The van der Waals surface area contributed by atoms with Crippen molar-refractivity contribution in [2.45, 2.75) is 87.6 Å². The van der Waals surface area contributed by atoms with Crippen LogP contribution in [0, 0.1) is 11.8 Å². The minimum absolute atomic E-state index is 0.177. The average molecular weight is 620 g/mol. The molecule has 0 saturated carbocycles. The maximum atomic E-state index is 8.49. The van der Waals surface area contributed by atoms with E-state index in [-0.39, 0.29) is 7.25 Å². The van der Waals surface area contributed by atoms with E-state index in [9.17, 15) is 0 Å². The van der Waals surface area contributed by atoms with Crippen molar-refractivity contribution in [3.8, 4) is 0 Å². The van der Waals surface area contributed by atoms with Crippen LogP contribution in [-0.2, 0) is 15.6 Å². The molecule has 2 atom stereocenters. The number of fused-ring (bicyclic) bond motifs is 2. The van der Waals surface area contributed by atoms with Gasteiger partial charge in [0, 0.05) is 0 Å². The SMILES string of the molecule is CC(C)C1=Cc2c(C(C)C)cccc2[CH]1[Zr]([Cl])([Cl])([CH]1C(C(C)C)=Cc2c(C(C)C)cccc21)[SiH](C)C. The van der Waals surface area contributed by atoms with Crippen LogP contribution in [0.1, 0.15) is 108 Å². The summed E-state index contributed by atoms with van der Waals surface area (Å²) in [5.74, 6) is 0.244. The van der Waals surface area contributed by atoms with Crippen LogP contribution in [0.5, 0.6) is 0 Å². The van der Waals surface area contributed by atoms with Gasteiger partial charge in [-0.15, -0.1) is 0 Å². The van der Waals surface area contributed by atoms with Gasteiger partial charge in [-0.05, 0) is 0 Å². The Morgan fingerprint density at radius 3 is 1.25 bits per heavy atom. The molecule has 0 spiro atoms. The molecule has 0 heterocycles. The predicted octanol–water partition coefficient (Wildman–Crippen LogP) is 10.8. The molecule has 2 aliphatic rings. The number of allylic oxidation sites excluding steroid dienone is 2. The zero-order chi connectivity index (χ0) is 26.8. The van der Waals surface area contributed by atoms with Crippen LogP contribution in [0.4, 0.5) is 0 Å². The van der Waals surface area contributed by atoms with Crippen LogP contribution < -0.4 is 0 Å². The Morgan fingerprint density at radius 2 is 0.972 bits per heavy atom. The molecule has 2 aromatic rings. The first-order valence-electron chi connectivity index (χ1n) is 14.0. The van der Waals surface area contributed by atoms with Crippen molar-refractivity contribution in [1.82, 2.24) is 0 Å². The van der Waals surface area contributed by atoms with E-state index in [2.05, 4.69) is 117 Å². The van der Waals surface area contributed by atoms with Crippen LogP contribution >= 0.6 is 17.0 Å². The molecule has 4 heteroatoms. The third-order valence-corrected chi connectivity index (χ3v) is 60.7. The summed E-state index contributed by atoms with van der Waals surface area (Å²) in [4.78, 5) is 0. The fourth-order valence-corrected chi connectivity index (χ4v) is 38.5. The molecule has 36 heavy (non-hydrogen) atoms. The van der Waals surface area contributed by atoms with Crippen LogP contribution in [0.2, 0.25) is 13.1 Å². The summed E-state index contributed by atoms with van der Waals surface area (Å²) in [5.41, 5.74) is 11.5. The topological polar surface area (TPSA) is 0 Å². The fraction of sp³-hybridized carbons (Fsp3) is 0.500. The summed E-state index contributed by atoms with van der Waals surface area (Å²) in [6.07, 6.45) is 4.99. The zero-order valence-corrected chi connectivity index (χ0v) is 29.0. The van der Waals surface area contributed by atoms with Crippen LogP contribution in [-0.4, -0.2) is 5.92 Å². The van der Waals surface area contributed by atoms with E-state index in [0.717, 1.165) is 0 Å². The molecule has 0 aliphatic heterocycles. The molecule has 2 aromatic carbocycles. The van der Waals surface area contributed by atoms with E-state index in [1.165, 1.54) is 44.5 Å². The second-order valence-corrected chi connectivity index (χ2v) is 55.4. The van der Waals surface area contributed by atoms with Gasteiger partial charge in [0.2, 0.25) is 0 Å². The Hall–Kier alpha value is -0.400. The number of rotatable bonds is 7. The molecular weight excluding hydrogens is 575 g/mol. The zero-order valence-electron chi connectivity index (χ0n) is 23.9. The van der Waals surface area contributed by atoms with Gasteiger partial charge in [-0.25, -0.2) is 0 Å². The summed E-state index contributed by atoms with van der Waals surface area (Å²) in [6.45, 7) is 23.5. The Morgan fingerprint density at radius 1 is 0.611 bits per heavy atom. The Balaban J connectivity index is 2.08. The van der Waals surface area contributed by atoms with Crippen molar-refractivity contribution in [3.05, 3.63) is 80.9 Å². The third-order valence-electron chi connectivity index (χ3n) is 9.04. The van der Waals surface area contributed by atoms with Gasteiger partial charge in [-0.3, -0.25) is 0 Å². The summed E-state index contributed by atoms with van der Waals surface area (Å²) in [7, 11) is 17.0. The Bertz CT molecular complexity index is 1140. The monoisotopic (exact) mass is 617 g/mol. The molecule has 0 nitrogen and oxygen atoms in total. The molecule has 2 unspecified atom stereocenters. The van der Waals surface area contributed by atoms with Gasteiger partial charge in [0.25, 0.3) is 0 Å². The third kappa shape index (κ3) is 4.26. The van der Waals surface area contributed by atoms with Gasteiger partial charge in [0.05, 0.1) is 0 Å². The normalized spacial score (nSPS) is 20.8. The second kappa shape index (κ2) is 9.97. The summed E-state index contributed by atoms with van der Waals surface area (Å²) in [6, 6.07) is 13.8. The first-order valence-corrected chi connectivity index (χ1v) is 30.3. The molecule has 0 aromatic heterocycles. The fourth-order valence-electron chi connectivity index (χ4n) is 6.97. The number of benzene rings is 2. The number of hydrogen-bond donors (Lipinski definition) is 0. The molecule has 2 aliphatic carbocycles. The summed E-state index contributed by atoms with van der Waals surface area (Å²) >= 11 is -4.65. The van der Waals surface area contributed by atoms with Crippen LogP contribution in [0.25, 0.3) is 12.2 Å². The molecule has 0 radical (unpaired) electrons. The van der Waals surface area contributed by atoms with Gasteiger partial charge in [-0.1, -0.05) is 0 Å². The second-order valence-electron chi connectivity index (χ2n) is 12.9. The molecule has 4 rings (SSSR count). The molecule has 0 N–H and O–H groups in total. The van der Waals surface area contributed by atoms with Gasteiger partial charge in [0.1, 0.15) is 0 Å². The summed E-state index contributed by atoms with van der Waals surface area (Å²) in [5, 5.41) is 0. The van der Waals surface area contributed by atoms with Crippen molar-refractivity contribution < 1.29 is 15.6 Å². The molecular formula is C32H45Cl2SiZr. The van der Waals surface area contributed by atoms with E-state index in [1.807, 2.05) is 0 Å². The first kappa shape index (κ1) is 28.6. The van der Waals surface area contributed by atoms with Crippen molar-refractivity contribution >= 4 is 35.1 Å². The number of halogens is 2. The first-order chi connectivity index (χ1) is 16.7.